The maximum Gasteiger partial charge on any atom is 0.237 e. The van der Waals surface area contributed by atoms with Gasteiger partial charge in [-0.2, -0.15) is 0 Å². The van der Waals surface area contributed by atoms with Crippen molar-refractivity contribution < 1.29 is 4.79 Å². The Balaban J connectivity index is 2.00. The van der Waals surface area contributed by atoms with Crippen molar-refractivity contribution in [1.29, 1.82) is 0 Å². The molecule has 2 saturated heterocycles. The summed E-state index contributed by atoms with van der Waals surface area (Å²) < 4.78 is 0. The summed E-state index contributed by atoms with van der Waals surface area (Å²) in [4.78, 5) is 15.9. The van der Waals surface area contributed by atoms with Crippen LogP contribution >= 0.6 is 0 Å². The van der Waals surface area contributed by atoms with Crippen molar-refractivity contribution >= 4 is 5.91 Å². The van der Waals surface area contributed by atoms with Crippen molar-refractivity contribution in [3.63, 3.8) is 0 Å². The molecule has 4 heteroatoms. The Morgan fingerprint density at radius 1 is 1.50 bits per heavy atom. The molecule has 2 heterocycles. The molecule has 0 aromatic carbocycles. The fourth-order valence-electron chi connectivity index (χ4n) is 2.58. The molecule has 4 nitrogen and oxygen atoms in total. The third-order valence-electron chi connectivity index (χ3n) is 3.34. The SMILES string of the molecule is CC1CN(C)CCC1N1CNCC1=O. The molecule has 1 amide bonds. The highest BCUT2D eigenvalue weighted by molar-refractivity contribution is 5.80. The summed E-state index contributed by atoms with van der Waals surface area (Å²) in [6.45, 7) is 5.73. The van der Waals surface area contributed by atoms with Crippen LogP contribution in [0.2, 0.25) is 0 Å². The van der Waals surface area contributed by atoms with E-state index in [2.05, 4.69) is 24.2 Å². The van der Waals surface area contributed by atoms with Crippen molar-refractivity contribution in [2.75, 3.05) is 33.4 Å². The van der Waals surface area contributed by atoms with Crippen LogP contribution in [0.4, 0.5) is 0 Å². The lowest BCUT2D eigenvalue weighted by atomic mass is 9.93. The second-order valence-corrected chi connectivity index (χ2v) is 4.54. The Labute approximate surface area is 85.2 Å². The Morgan fingerprint density at radius 3 is 2.86 bits per heavy atom. The molecule has 2 fully saturated rings. The van der Waals surface area contributed by atoms with E-state index in [1.807, 2.05) is 4.90 Å². The van der Waals surface area contributed by atoms with Gasteiger partial charge < -0.3 is 9.80 Å². The predicted octanol–water partition coefficient (Wildman–Crippen LogP) is -0.284. The summed E-state index contributed by atoms with van der Waals surface area (Å²) in [7, 11) is 2.15. The summed E-state index contributed by atoms with van der Waals surface area (Å²) >= 11 is 0. The van der Waals surface area contributed by atoms with Gasteiger partial charge in [-0.25, -0.2) is 0 Å². The first-order chi connectivity index (χ1) is 6.68. The lowest BCUT2D eigenvalue weighted by Crippen LogP contribution is -2.50. The number of carbonyl (C=O) groups excluding carboxylic acids is 1. The predicted molar refractivity (Wildman–Crippen MR) is 54.8 cm³/mol. The zero-order valence-corrected chi connectivity index (χ0v) is 8.99. The molecule has 2 unspecified atom stereocenters. The topological polar surface area (TPSA) is 35.6 Å². The molecule has 0 aromatic heterocycles. The molecular weight excluding hydrogens is 178 g/mol. The minimum atomic E-state index is 0.270. The smallest absolute Gasteiger partial charge is 0.237 e. The first-order valence-corrected chi connectivity index (χ1v) is 5.37. The van der Waals surface area contributed by atoms with Gasteiger partial charge in [0.2, 0.25) is 5.91 Å². The van der Waals surface area contributed by atoms with Crippen LogP contribution in [-0.2, 0) is 4.79 Å². The van der Waals surface area contributed by atoms with Crippen LogP contribution in [0.15, 0.2) is 0 Å². The van der Waals surface area contributed by atoms with Crippen LogP contribution in [0, 0.1) is 5.92 Å². The molecule has 2 rings (SSSR count). The lowest BCUT2D eigenvalue weighted by molar-refractivity contribution is -0.130. The van der Waals surface area contributed by atoms with Crippen LogP contribution < -0.4 is 5.32 Å². The number of hydrogen-bond acceptors (Lipinski definition) is 3. The Morgan fingerprint density at radius 2 is 2.29 bits per heavy atom. The van der Waals surface area contributed by atoms with Crippen LogP contribution in [0.3, 0.4) is 0 Å². The highest BCUT2D eigenvalue weighted by Gasteiger charge is 2.33. The van der Waals surface area contributed by atoms with E-state index in [1.165, 1.54) is 0 Å². The van der Waals surface area contributed by atoms with Crippen molar-refractivity contribution in [3.8, 4) is 0 Å². The van der Waals surface area contributed by atoms with E-state index in [4.69, 9.17) is 0 Å². The summed E-state index contributed by atoms with van der Waals surface area (Å²) in [6, 6.07) is 0.452. The number of nitrogens with zero attached hydrogens (tertiary/aromatic N) is 2. The van der Waals surface area contributed by atoms with Crippen molar-refractivity contribution in [3.05, 3.63) is 0 Å². The average Bonchev–Trinajstić information content (AvgIpc) is 2.52. The molecule has 2 aliphatic heterocycles. The monoisotopic (exact) mass is 197 g/mol. The van der Waals surface area contributed by atoms with Crippen molar-refractivity contribution in [2.24, 2.45) is 5.92 Å². The zero-order valence-electron chi connectivity index (χ0n) is 8.99. The number of likely N-dealkylation sites (tertiary alicyclic amines) is 1. The van der Waals surface area contributed by atoms with Gasteiger partial charge in [0.15, 0.2) is 0 Å². The van der Waals surface area contributed by atoms with E-state index in [9.17, 15) is 4.79 Å². The minimum Gasteiger partial charge on any atom is -0.325 e. The van der Waals surface area contributed by atoms with E-state index in [0.717, 1.165) is 26.2 Å². The van der Waals surface area contributed by atoms with E-state index in [-0.39, 0.29) is 5.91 Å². The summed E-state index contributed by atoms with van der Waals surface area (Å²) in [5.41, 5.74) is 0. The Bertz CT molecular complexity index is 231. The number of amides is 1. The second kappa shape index (κ2) is 3.87. The number of carbonyl (C=O) groups is 1. The van der Waals surface area contributed by atoms with Crippen LogP contribution in [0.25, 0.3) is 0 Å². The molecule has 2 atom stereocenters. The normalized spacial score (nSPS) is 35.3. The number of hydrogen-bond donors (Lipinski definition) is 1. The summed E-state index contributed by atoms with van der Waals surface area (Å²) in [6.07, 6.45) is 1.12. The molecule has 0 saturated carbocycles. The molecule has 14 heavy (non-hydrogen) atoms. The lowest BCUT2D eigenvalue weighted by Gasteiger charge is -2.39. The quantitative estimate of drug-likeness (QED) is 0.628. The largest absolute Gasteiger partial charge is 0.325 e. The standard InChI is InChI=1S/C10H19N3O/c1-8-6-12(2)4-3-9(8)13-7-11-5-10(13)14/h8-9,11H,3-7H2,1-2H3. The molecule has 0 aliphatic carbocycles. The molecule has 0 radical (unpaired) electrons. The van der Waals surface area contributed by atoms with Crippen LogP contribution in [0.5, 0.6) is 0 Å². The molecule has 0 spiro atoms. The second-order valence-electron chi connectivity index (χ2n) is 4.54. The highest BCUT2D eigenvalue weighted by Crippen LogP contribution is 2.21. The van der Waals surface area contributed by atoms with Gasteiger partial charge in [-0.1, -0.05) is 6.92 Å². The molecule has 80 valence electrons. The third kappa shape index (κ3) is 1.77. The average molecular weight is 197 g/mol. The van der Waals surface area contributed by atoms with Gasteiger partial charge in [-0.15, -0.1) is 0 Å². The molecule has 0 aromatic rings. The van der Waals surface area contributed by atoms with Crippen LogP contribution in [-0.4, -0.2) is 55.1 Å². The molecule has 0 bridgehead atoms. The maximum absolute atomic E-state index is 11.6. The first kappa shape index (κ1) is 9.93. The fraction of sp³-hybridized carbons (Fsp3) is 0.900. The Hall–Kier alpha value is -0.610. The van der Waals surface area contributed by atoms with E-state index < -0.39 is 0 Å². The van der Waals surface area contributed by atoms with Gasteiger partial charge >= 0.3 is 0 Å². The zero-order chi connectivity index (χ0) is 10.1. The maximum atomic E-state index is 11.6. The van der Waals surface area contributed by atoms with Gasteiger partial charge in [0.25, 0.3) is 0 Å². The number of piperidine rings is 1. The van der Waals surface area contributed by atoms with Crippen molar-refractivity contribution in [1.82, 2.24) is 15.1 Å². The number of nitrogens with one attached hydrogen (secondary N) is 1. The van der Waals surface area contributed by atoms with Gasteiger partial charge in [0.1, 0.15) is 0 Å². The molecule has 1 N–H and O–H groups in total. The number of rotatable bonds is 1. The van der Waals surface area contributed by atoms with Gasteiger partial charge in [-0.05, 0) is 25.9 Å². The molecule has 2 aliphatic rings. The van der Waals surface area contributed by atoms with Crippen LogP contribution in [0.1, 0.15) is 13.3 Å². The Kier molecular flexibility index (Phi) is 2.74. The highest BCUT2D eigenvalue weighted by atomic mass is 16.2. The van der Waals surface area contributed by atoms with E-state index in [1.54, 1.807) is 0 Å². The third-order valence-corrected chi connectivity index (χ3v) is 3.34. The summed E-state index contributed by atoms with van der Waals surface area (Å²) in [5.74, 6) is 0.865. The van der Waals surface area contributed by atoms with Gasteiger partial charge in [-0.3, -0.25) is 10.1 Å². The summed E-state index contributed by atoms with van der Waals surface area (Å²) in [5, 5.41) is 3.11. The van der Waals surface area contributed by atoms with E-state index >= 15 is 0 Å². The van der Waals surface area contributed by atoms with Gasteiger partial charge in [0.05, 0.1) is 13.2 Å². The fourth-order valence-corrected chi connectivity index (χ4v) is 2.58. The van der Waals surface area contributed by atoms with Crippen molar-refractivity contribution in [2.45, 2.75) is 19.4 Å². The first-order valence-electron chi connectivity index (χ1n) is 5.37. The van der Waals surface area contributed by atoms with Gasteiger partial charge in [0, 0.05) is 12.6 Å². The minimum absolute atomic E-state index is 0.270. The molecular formula is C10H19N3O. The van der Waals surface area contributed by atoms with E-state index in [0.29, 0.717) is 18.5 Å².